The number of carbonyl (C=O) groups is 3. The standard InChI is InChI=1S/C20H21BrClN3O3S/c1-12(26)23-17-8-7-13(11-16(17)22)24-20(28)18(9-10-29-2)25-19(27)14-5-3-4-6-15(14)21/h3-8,11,18H,9-10H2,1-2H3,(H,23,26)(H,24,28)(H,25,27). The van der Waals surface area contributed by atoms with Gasteiger partial charge in [0, 0.05) is 17.1 Å². The van der Waals surface area contributed by atoms with Crippen LogP contribution < -0.4 is 16.0 Å². The summed E-state index contributed by atoms with van der Waals surface area (Å²) in [7, 11) is 0. The zero-order chi connectivity index (χ0) is 21.4. The lowest BCUT2D eigenvalue weighted by Gasteiger charge is -2.19. The Morgan fingerprint density at radius 3 is 2.48 bits per heavy atom. The monoisotopic (exact) mass is 497 g/mol. The second-order valence-electron chi connectivity index (χ2n) is 6.15. The van der Waals surface area contributed by atoms with Crippen molar-refractivity contribution in [3.63, 3.8) is 0 Å². The van der Waals surface area contributed by atoms with Crippen molar-refractivity contribution in [1.29, 1.82) is 0 Å². The van der Waals surface area contributed by atoms with E-state index < -0.39 is 6.04 Å². The molecule has 29 heavy (non-hydrogen) atoms. The lowest BCUT2D eigenvalue weighted by Crippen LogP contribution is -2.44. The van der Waals surface area contributed by atoms with Gasteiger partial charge in [0.1, 0.15) is 6.04 Å². The van der Waals surface area contributed by atoms with Crippen LogP contribution in [-0.4, -0.2) is 35.8 Å². The van der Waals surface area contributed by atoms with Crippen molar-refractivity contribution in [3.05, 3.63) is 57.5 Å². The van der Waals surface area contributed by atoms with Crippen molar-refractivity contribution in [2.75, 3.05) is 22.6 Å². The van der Waals surface area contributed by atoms with Crippen LogP contribution in [-0.2, 0) is 9.59 Å². The third-order valence-electron chi connectivity index (χ3n) is 3.90. The number of hydrogen-bond donors (Lipinski definition) is 3. The molecular formula is C20H21BrClN3O3S. The summed E-state index contributed by atoms with van der Waals surface area (Å²) in [5.41, 5.74) is 1.38. The molecule has 1 atom stereocenters. The van der Waals surface area contributed by atoms with Crippen LogP contribution in [0.25, 0.3) is 0 Å². The molecule has 0 spiro atoms. The summed E-state index contributed by atoms with van der Waals surface area (Å²) in [5, 5.41) is 8.48. The van der Waals surface area contributed by atoms with Crippen molar-refractivity contribution in [2.45, 2.75) is 19.4 Å². The van der Waals surface area contributed by atoms with Crippen molar-refractivity contribution in [1.82, 2.24) is 5.32 Å². The molecule has 2 aromatic rings. The summed E-state index contributed by atoms with van der Waals surface area (Å²) >= 11 is 11.1. The van der Waals surface area contributed by atoms with Crippen LogP contribution in [0.5, 0.6) is 0 Å². The summed E-state index contributed by atoms with van der Waals surface area (Å²) in [6, 6.07) is 11.1. The molecule has 0 saturated heterocycles. The minimum atomic E-state index is -0.712. The third kappa shape index (κ3) is 7.06. The molecule has 0 aliphatic heterocycles. The van der Waals surface area contributed by atoms with Gasteiger partial charge >= 0.3 is 0 Å². The molecule has 0 bridgehead atoms. The zero-order valence-corrected chi connectivity index (χ0v) is 19.1. The maximum absolute atomic E-state index is 12.8. The molecule has 6 nitrogen and oxygen atoms in total. The second-order valence-corrected chi connectivity index (χ2v) is 8.40. The van der Waals surface area contributed by atoms with Crippen LogP contribution in [0, 0.1) is 0 Å². The minimum absolute atomic E-state index is 0.240. The van der Waals surface area contributed by atoms with Gasteiger partial charge in [-0.3, -0.25) is 14.4 Å². The number of rotatable bonds is 8. The Kier molecular flexibility index (Phi) is 9.00. The van der Waals surface area contributed by atoms with Gasteiger partial charge in [-0.25, -0.2) is 0 Å². The van der Waals surface area contributed by atoms with Gasteiger partial charge in [-0.2, -0.15) is 11.8 Å². The highest BCUT2D eigenvalue weighted by Gasteiger charge is 2.22. The summed E-state index contributed by atoms with van der Waals surface area (Å²) in [5.74, 6) is -0.215. The molecule has 1 unspecified atom stereocenters. The molecule has 0 aliphatic rings. The maximum Gasteiger partial charge on any atom is 0.253 e. The maximum atomic E-state index is 12.8. The van der Waals surface area contributed by atoms with Gasteiger partial charge in [0.05, 0.1) is 16.3 Å². The third-order valence-corrected chi connectivity index (χ3v) is 5.55. The van der Waals surface area contributed by atoms with Crippen LogP contribution in [0.4, 0.5) is 11.4 Å². The van der Waals surface area contributed by atoms with E-state index in [2.05, 4.69) is 31.9 Å². The average Bonchev–Trinajstić information content (AvgIpc) is 2.67. The number of benzene rings is 2. The number of thioether (sulfide) groups is 1. The highest BCUT2D eigenvalue weighted by molar-refractivity contribution is 9.10. The summed E-state index contributed by atoms with van der Waals surface area (Å²) in [6.45, 7) is 1.39. The van der Waals surface area contributed by atoms with E-state index in [1.54, 1.807) is 48.2 Å². The molecule has 0 aliphatic carbocycles. The Labute approximate surface area is 187 Å². The molecule has 2 rings (SSSR count). The highest BCUT2D eigenvalue weighted by atomic mass is 79.9. The SMILES string of the molecule is CSCCC(NC(=O)c1ccccc1Br)C(=O)Nc1ccc(NC(C)=O)c(Cl)c1. The Balaban J connectivity index is 2.12. The first-order valence-corrected chi connectivity index (χ1v) is 11.3. The topological polar surface area (TPSA) is 87.3 Å². The largest absolute Gasteiger partial charge is 0.340 e. The van der Waals surface area contributed by atoms with Crippen LogP contribution in [0.3, 0.4) is 0 Å². The first kappa shape index (κ1) is 23.3. The van der Waals surface area contributed by atoms with Crippen LogP contribution >= 0.6 is 39.3 Å². The first-order chi connectivity index (χ1) is 13.8. The van der Waals surface area contributed by atoms with Crippen molar-refractivity contribution < 1.29 is 14.4 Å². The highest BCUT2D eigenvalue weighted by Crippen LogP contribution is 2.25. The Morgan fingerprint density at radius 1 is 1.14 bits per heavy atom. The molecule has 0 saturated carbocycles. The van der Waals surface area contributed by atoms with E-state index >= 15 is 0 Å². The molecule has 0 aromatic heterocycles. The molecule has 0 heterocycles. The molecule has 0 radical (unpaired) electrons. The predicted molar refractivity (Wildman–Crippen MR) is 123 cm³/mol. The van der Waals surface area contributed by atoms with Gasteiger partial charge < -0.3 is 16.0 Å². The van der Waals surface area contributed by atoms with Gasteiger partial charge in [0.25, 0.3) is 5.91 Å². The summed E-state index contributed by atoms with van der Waals surface area (Å²) < 4.78 is 0.655. The summed E-state index contributed by atoms with van der Waals surface area (Å²) in [6.07, 6.45) is 2.41. The van der Waals surface area contributed by atoms with Gasteiger partial charge in [0.2, 0.25) is 11.8 Å². The Hall–Kier alpha value is -2.03. The van der Waals surface area contributed by atoms with E-state index in [1.165, 1.54) is 6.92 Å². The number of amides is 3. The molecule has 154 valence electrons. The quantitative estimate of drug-likeness (QED) is 0.498. The van der Waals surface area contributed by atoms with Gasteiger partial charge in [0.15, 0.2) is 0 Å². The van der Waals surface area contributed by atoms with Crippen LogP contribution in [0.2, 0.25) is 5.02 Å². The normalized spacial score (nSPS) is 11.4. The molecule has 9 heteroatoms. The minimum Gasteiger partial charge on any atom is -0.340 e. The zero-order valence-electron chi connectivity index (χ0n) is 15.9. The number of carbonyl (C=O) groups excluding carboxylic acids is 3. The number of anilines is 2. The molecular weight excluding hydrogens is 478 g/mol. The van der Waals surface area contributed by atoms with E-state index in [-0.39, 0.29) is 17.7 Å². The van der Waals surface area contributed by atoms with Crippen LogP contribution in [0.1, 0.15) is 23.7 Å². The molecule has 3 N–H and O–H groups in total. The smallest absolute Gasteiger partial charge is 0.253 e. The van der Waals surface area contributed by atoms with Gasteiger partial charge in [-0.15, -0.1) is 0 Å². The molecule has 0 fully saturated rings. The first-order valence-electron chi connectivity index (χ1n) is 8.74. The number of hydrogen-bond acceptors (Lipinski definition) is 4. The van der Waals surface area contributed by atoms with E-state index in [4.69, 9.17) is 11.6 Å². The van der Waals surface area contributed by atoms with Crippen LogP contribution in [0.15, 0.2) is 46.9 Å². The Morgan fingerprint density at radius 2 is 1.86 bits per heavy atom. The predicted octanol–water partition coefficient (Wildman–Crippen LogP) is 4.55. The lowest BCUT2D eigenvalue weighted by atomic mass is 10.1. The van der Waals surface area contributed by atoms with Gasteiger partial charge in [-0.1, -0.05) is 23.7 Å². The Bertz CT molecular complexity index is 910. The van der Waals surface area contributed by atoms with Crippen molar-refractivity contribution in [2.24, 2.45) is 0 Å². The fourth-order valence-electron chi connectivity index (χ4n) is 2.50. The molecule has 2 aromatic carbocycles. The van der Waals surface area contributed by atoms with Crippen molar-refractivity contribution >= 4 is 68.4 Å². The second kappa shape index (κ2) is 11.2. The number of halogens is 2. The summed E-state index contributed by atoms with van der Waals surface area (Å²) in [4.78, 5) is 36.6. The van der Waals surface area contributed by atoms with E-state index in [9.17, 15) is 14.4 Å². The van der Waals surface area contributed by atoms with Gasteiger partial charge in [-0.05, 0) is 64.7 Å². The lowest BCUT2D eigenvalue weighted by molar-refractivity contribution is -0.118. The number of nitrogens with one attached hydrogen (secondary N) is 3. The molecule has 3 amide bonds. The van der Waals surface area contributed by atoms with E-state index in [1.807, 2.05) is 12.3 Å². The van der Waals surface area contributed by atoms with E-state index in [0.717, 1.165) is 0 Å². The fourth-order valence-corrected chi connectivity index (χ4v) is 3.66. The average molecular weight is 499 g/mol. The fraction of sp³-hybridized carbons (Fsp3) is 0.250. The van der Waals surface area contributed by atoms with Crippen molar-refractivity contribution in [3.8, 4) is 0 Å². The van der Waals surface area contributed by atoms with E-state index in [0.29, 0.717) is 38.6 Å².